The van der Waals surface area contributed by atoms with Crippen molar-refractivity contribution in [3.05, 3.63) is 59.5 Å². The zero-order valence-corrected chi connectivity index (χ0v) is 10.5. The highest BCUT2D eigenvalue weighted by Gasteiger charge is 2.03. The molecule has 0 radical (unpaired) electrons. The van der Waals surface area contributed by atoms with E-state index in [0.29, 0.717) is 17.0 Å². The summed E-state index contributed by atoms with van der Waals surface area (Å²) in [4.78, 5) is 4.29. The van der Waals surface area contributed by atoms with Gasteiger partial charge in [0, 0.05) is 12.1 Å². The Bertz CT molecular complexity index is 739. The van der Waals surface area contributed by atoms with E-state index in [2.05, 4.69) is 24.0 Å². The summed E-state index contributed by atoms with van der Waals surface area (Å²) in [6.07, 6.45) is 3.77. The quantitative estimate of drug-likeness (QED) is 0.748. The van der Waals surface area contributed by atoms with E-state index in [1.165, 1.54) is 5.56 Å². The molecule has 0 atom stereocenters. The Morgan fingerprint density at radius 1 is 1.05 bits per heavy atom. The average molecular weight is 251 g/mol. The van der Waals surface area contributed by atoms with E-state index in [0.717, 1.165) is 5.56 Å². The first-order valence-electron chi connectivity index (χ1n) is 6.05. The lowest BCUT2D eigenvalue weighted by molar-refractivity contribution is 0.476. The van der Waals surface area contributed by atoms with Crippen LogP contribution in [0, 0.1) is 6.92 Å². The molecule has 0 bridgehead atoms. The highest BCUT2D eigenvalue weighted by molar-refractivity contribution is 5.77. The van der Waals surface area contributed by atoms with Gasteiger partial charge in [-0.2, -0.15) is 0 Å². The van der Waals surface area contributed by atoms with Crippen molar-refractivity contribution in [1.29, 1.82) is 0 Å². The number of hydrogen-bond donors (Lipinski definition) is 1. The third-order valence-electron chi connectivity index (χ3n) is 2.88. The van der Waals surface area contributed by atoms with Crippen LogP contribution >= 0.6 is 0 Å². The number of nitrogens with zero attached hydrogens (tertiary/aromatic N) is 1. The first-order chi connectivity index (χ1) is 9.20. The first kappa shape index (κ1) is 11.5. The molecule has 1 heterocycles. The van der Waals surface area contributed by atoms with Crippen LogP contribution < -0.4 is 0 Å². The molecule has 0 aliphatic rings. The van der Waals surface area contributed by atoms with Gasteiger partial charge in [0.05, 0.1) is 0 Å². The van der Waals surface area contributed by atoms with E-state index in [1.807, 2.05) is 24.3 Å². The Morgan fingerprint density at radius 2 is 1.84 bits per heavy atom. The van der Waals surface area contributed by atoms with Gasteiger partial charge in [0.1, 0.15) is 11.3 Å². The molecule has 0 saturated heterocycles. The first-order valence-corrected chi connectivity index (χ1v) is 6.05. The van der Waals surface area contributed by atoms with E-state index >= 15 is 0 Å². The van der Waals surface area contributed by atoms with Crippen LogP contribution in [0.1, 0.15) is 17.0 Å². The van der Waals surface area contributed by atoms with Crippen molar-refractivity contribution >= 4 is 23.3 Å². The van der Waals surface area contributed by atoms with Gasteiger partial charge in [-0.3, -0.25) is 0 Å². The summed E-state index contributed by atoms with van der Waals surface area (Å²) >= 11 is 0. The fourth-order valence-electron chi connectivity index (χ4n) is 1.85. The SMILES string of the molecule is Cc1ccc(/C=C/c2nc3cc(O)ccc3o2)cc1. The van der Waals surface area contributed by atoms with Crippen LogP contribution in [0.5, 0.6) is 5.75 Å². The van der Waals surface area contributed by atoms with Crippen LogP contribution in [0.4, 0.5) is 0 Å². The molecule has 0 amide bonds. The van der Waals surface area contributed by atoms with Crippen molar-refractivity contribution in [3.63, 3.8) is 0 Å². The lowest BCUT2D eigenvalue weighted by Crippen LogP contribution is -1.74. The molecule has 1 aromatic heterocycles. The van der Waals surface area contributed by atoms with E-state index in [9.17, 15) is 5.11 Å². The molecule has 0 spiro atoms. The van der Waals surface area contributed by atoms with E-state index in [-0.39, 0.29) is 5.75 Å². The maximum absolute atomic E-state index is 9.37. The minimum absolute atomic E-state index is 0.190. The van der Waals surface area contributed by atoms with E-state index in [4.69, 9.17) is 4.42 Å². The van der Waals surface area contributed by atoms with Gasteiger partial charge >= 0.3 is 0 Å². The van der Waals surface area contributed by atoms with Gasteiger partial charge < -0.3 is 9.52 Å². The van der Waals surface area contributed by atoms with Crippen molar-refractivity contribution in [2.24, 2.45) is 0 Å². The maximum atomic E-state index is 9.37. The molecule has 0 unspecified atom stereocenters. The van der Waals surface area contributed by atoms with Crippen molar-refractivity contribution in [1.82, 2.24) is 4.98 Å². The molecular weight excluding hydrogens is 238 g/mol. The number of phenols is 1. The van der Waals surface area contributed by atoms with Crippen molar-refractivity contribution < 1.29 is 9.52 Å². The summed E-state index contributed by atoms with van der Waals surface area (Å²) in [7, 11) is 0. The molecule has 3 aromatic rings. The van der Waals surface area contributed by atoms with Gasteiger partial charge in [-0.15, -0.1) is 0 Å². The third-order valence-corrected chi connectivity index (χ3v) is 2.88. The molecule has 0 aliphatic heterocycles. The predicted octanol–water partition coefficient (Wildman–Crippen LogP) is 4.01. The standard InChI is InChI=1S/C16H13NO2/c1-11-2-4-12(5-3-11)6-9-16-17-14-10-13(18)7-8-15(14)19-16/h2-10,18H,1H3/b9-6+. The minimum atomic E-state index is 0.190. The van der Waals surface area contributed by atoms with Crippen LogP contribution in [-0.2, 0) is 0 Å². The number of aromatic nitrogens is 1. The third kappa shape index (κ3) is 2.50. The Labute approximate surface area is 110 Å². The molecule has 3 nitrogen and oxygen atoms in total. The molecule has 0 fully saturated rings. The monoisotopic (exact) mass is 251 g/mol. The molecule has 0 aliphatic carbocycles. The van der Waals surface area contributed by atoms with Crippen LogP contribution in [0.3, 0.4) is 0 Å². The molecule has 19 heavy (non-hydrogen) atoms. The number of phenolic OH excluding ortho intramolecular Hbond substituents is 1. The van der Waals surface area contributed by atoms with E-state index in [1.54, 1.807) is 18.2 Å². The molecule has 2 aromatic carbocycles. The number of rotatable bonds is 2. The Kier molecular flexibility index (Phi) is 2.80. The topological polar surface area (TPSA) is 46.3 Å². The average Bonchev–Trinajstić information content (AvgIpc) is 2.80. The molecular formula is C16H13NO2. The zero-order chi connectivity index (χ0) is 13.2. The lowest BCUT2D eigenvalue weighted by atomic mass is 10.1. The number of hydrogen-bond acceptors (Lipinski definition) is 3. The predicted molar refractivity (Wildman–Crippen MR) is 75.8 cm³/mol. The van der Waals surface area contributed by atoms with E-state index < -0.39 is 0 Å². The highest BCUT2D eigenvalue weighted by atomic mass is 16.3. The second kappa shape index (κ2) is 4.61. The summed E-state index contributed by atoms with van der Waals surface area (Å²) in [5.41, 5.74) is 3.65. The molecule has 94 valence electrons. The lowest BCUT2D eigenvalue weighted by Gasteiger charge is -1.93. The zero-order valence-electron chi connectivity index (χ0n) is 10.5. The number of oxazole rings is 1. The molecule has 0 saturated carbocycles. The second-order valence-corrected chi connectivity index (χ2v) is 4.45. The Hall–Kier alpha value is -2.55. The number of fused-ring (bicyclic) bond motifs is 1. The summed E-state index contributed by atoms with van der Waals surface area (Å²) in [5.74, 6) is 0.719. The van der Waals surface area contributed by atoms with Crippen molar-refractivity contribution in [2.45, 2.75) is 6.92 Å². The fraction of sp³-hybridized carbons (Fsp3) is 0.0625. The molecule has 1 N–H and O–H groups in total. The summed E-state index contributed by atoms with van der Waals surface area (Å²) in [5, 5.41) is 9.37. The summed E-state index contributed by atoms with van der Waals surface area (Å²) in [6, 6.07) is 13.1. The number of aryl methyl sites for hydroxylation is 1. The highest BCUT2D eigenvalue weighted by Crippen LogP contribution is 2.21. The van der Waals surface area contributed by atoms with Crippen molar-refractivity contribution in [3.8, 4) is 5.75 Å². The maximum Gasteiger partial charge on any atom is 0.220 e. The van der Waals surface area contributed by atoms with Gasteiger partial charge in [0.25, 0.3) is 0 Å². The molecule has 3 rings (SSSR count). The van der Waals surface area contributed by atoms with Gasteiger partial charge in [0.15, 0.2) is 5.58 Å². The Morgan fingerprint density at radius 3 is 2.63 bits per heavy atom. The largest absolute Gasteiger partial charge is 0.508 e. The Balaban J connectivity index is 1.90. The van der Waals surface area contributed by atoms with Gasteiger partial charge in [0.2, 0.25) is 5.89 Å². The summed E-state index contributed by atoms with van der Waals surface area (Å²) in [6.45, 7) is 2.06. The van der Waals surface area contributed by atoms with Crippen LogP contribution in [-0.4, -0.2) is 10.1 Å². The molecule has 3 heteroatoms. The second-order valence-electron chi connectivity index (χ2n) is 4.45. The fourth-order valence-corrected chi connectivity index (χ4v) is 1.85. The normalized spacial score (nSPS) is 11.4. The van der Waals surface area contributed by atoms with Crippen molar-refractivity contribution in [2.75, 3.05) is 0 Å². The van der Waals surface area contributed by atoms with Crippen LogP contribution in [0.25, 0.3) is 23.3 Å². The minimum Gasteiger partial charge on any atom is -0.508 e. The number of benzene rings is 2. The smallest absolute Gasteiger partial charge is 0.220 e. The van der Waals surface area contributed by atoms with Gasteiger partial charge in [-0.05, 0) is 30.7 Å². The van der Waals surface area contributed by atoms with Gasteiger partial charge in [-0.1, -0.05) is 29.8 Å². The van der Waals surface area contributed by atoms with Gasteiger partial charge in [-0.25, -0.2) is 4.98 Å². The van der Waals surface area contributed by atoms with Crippen LogP contribution in [0.15, 0.2) is 46.9 Å². The summed E-state index contributed by atoms with van der Waals surface area (Å²) < 4.78 is 5.56. The number of aromatic hydroxyl groups is 1. The van der Waals surface area contributed by atoms with Crippen LogP contribution in [0.2, 0.25) is 0 Å².